The lowest BCUT2D eigenvalue weighted by Gasteiger charge is -2.17. The summed E-state index contributed by atoms with van der Waals surface area (Å²) in [4.78, 5) is 11.2. The van der Waals surface area contributed by atoms with Crippen molar-refractivity contribution in [2.24, 2.45) is 11.5 Å². The number of rotatable bonds is 5. The number of nitrogens with two attached hydrogens (primary N) is 2. The molecule has 1 amide bonds. The van der Waals surface area contributed by atoms with E-state index in [9.17, 15) is 13.6 Å². The molecule has 1 aromatic rings. The zero-order valence-corrected chi connectivity index (χ0v) is 10.4. The molecule has 0 radical (unpaired) electrons. The number of alkyl halides is 2. The molecule has 5 N–H and O–H groups in total. The number of primary amides is 1. The molecule has 0 spiro atoms. The highest BCUT2D eigenvalue weighted by Crippen LogP contribution is 2.25. The fourth-order valence-electron chi connectivity index (χ4n) is 1.22. The van der Waals surface area contributed by atoms with Gasteiger partial charge in [-0.2, -0.15) is 0 Å². The number of halogens is 3. The lowest BCUT2D eigenvalue weighted by atomic mass is 10.1. The van der Waals surface area contributed by atoms with Crippen molar-refractivity contribution < 1.29 is 13.6 Å². The minimum Gasteiger partial charge on any atom is -0.378 e. The Morgan fingerprint density at radius 2 is 2.12 bits per heavy atom. The normalized spacial score (nSPS) is 11.3. The molecule has 0 heterocycles. The fraction of sp³-hybridized carbons (Fsp3) is 0.300. The van der Waals surface area contributed by atoms with Crippen LogP contribution >= 0.6 is 15.9 Å². The van der Waals surface area contributed by atoms with Gasteiger partial charge in [-0.25, -0.2) is 8.78 Å². The van der Waals surface area contributed by atoms with E-state index in [0.29, 0.717) is 4.47 Å². The predicted molar refractivity (Wildman–Crippen MR) is 65.2 cm³/mol. The van der Waals surface area contributed by atoms with Crippen molar-refractivity contribution in [3.63, 3.8) is 0 Å². The minimum atomic E-state index is -3.03. The summed E-state index contributed by atoms with van der Waals surface area (Å²) in [7, 11) is 0. The molecule has 0 unspecified atom stereocenters. The third-order valence-corrected chi connectivity index (χ3v) is 2.76. The number of hydrogen-bond donors (Lipinski definition) is 3. The largest absolute Gasteiger partial charge is 0.378 e. The second-order valence-corrected chi connectivity index (χ2v) is 4.29. The summed E-state index contributed by atoms with van der Waals surface area (Å²) in [5.74, 6) is -3.73. The average Bonchev–Trinajstić information content (AvgIpc) is 2.26. The van der Waals surface area contributed by atoms with E-state index in [-0.39, 0.29) is 11.3 Å². The number of carbonyl (C=O) groups is 1. The Hall–Kier alpha value is -1.21. The van der Waals surface area contributed by atoms with E-state index in [4.69, 9.17) is 11.5 Å². The topological polar surface area (TPSA) is 81.1 Å². The van der Waals surface area contributed by atoms with Crippen LogP contribution in [0.15, 0.2) is 22.7 Å². The lowest BCUT2D eigenvalue weighted by molar-refractivity contribution is 0.0253. The molecule has 0 bridgehead atoms. The summed E-state index contributed by atoms with van der Waals surface area (Å²) >= 11 is 3.13. The van der Waals surface area contributed by atoms with Crippen molar-refractivity contribution in [2.75, 3.05) is 18.4 Å². The Labute approximate surface area is 105 Å². The molecule has 0 aromatic heterocycles. The van der Waals surface area contributed by atoms with E-state index in [2.05, 4.69) is 21.2 Å². The highest BCUT2D eigenvalue weighted by molar-refractivity contribution is 9.10. The molecule has 4 nitrogen and oxygen atoms in total. The van der Waals surface area contributed by atoms with Crippen LogP contribution in [-0.4, -0.2) is 24.9 Å². The quantitative estimate of drug-likeness (QED) is 0.772. The zero-order chi connectivity index (χ0) is 13.1. The van der Waals surface area contributed by atoms with Crippen molar-refractivity contribution in [1.82, 2.24) is 0 Å². The van der Waals surface area contributed by atoms with Crippen LogP contribution in [0, 0.1) is 0 Å². The summed E-state index contributed by atoms with van der Waals surface area (Å²) in [6.07, 6.45) is 0. The van der Waals surface area contributed by atoms with Gasteiger partial charge in [-0.15, -0.1) is 0 Å². The molecule has 17 heavy (non-hydrogen) atoms. The Morgan fingerprint density at radius 1 is 1.47 bits per heavy atom. The van der Waals surface area contributed by atoms with Gasteiger partial charge < -0.3 is 16.8 Å². The van der Waals surface area contributed by atoms with Gasteiger partial charge in [-0.3, -0.25) is 4.79 Å². The molecule has 0 saturated carbocycles. The first-order chi connectivity index (χ1) is 7.87. The monoisotopic (exact) mass is 307 g/mol. The van der Waals surface area contributed by atoms with Crippen LogP contribution in [0.2, 0.25) is 0 Å². The maximum Gasteiger partial charge on any atom is 0.276 e. The molecular formula is C10H12BrF2N3O. The molecule has 0 fully saturated rings. The van der Waals surface area contributed by atoms with E-state index in [1.807, 2.05) is 0 Å². The molecule has 94 valence electrons. The fourth-order valence-corrected chi connectivity index (χ4v) is 1.78. The second kappa shape index (κ2) is 5.42. The molecule has 0 saturated heterocycles. The van der Waals surface area contributed by atoms with Crippen molar-refractivity contribution in [3.05, 3.63) is 28.2 Å². The van der Waals surface area contributed by atoms with Crippen LogP contribution in [0.25, 0.3) is 0 Å². The van der Waals surface area contributed by atoms with E-state index >= 15 is 0 Å². The Bertz CT molecular complexity index is 426. The van der Waals surface area contributed by atoms with Crippen molar-refractivity contribution >= 4 is 27.5 Å². The maximum atomic E-state index is 13.0. The number of nitrogens with one attached hydrogen (secondary N) is 1. The van der Waals surface area contributed by atoms with E-state index in [1.54, 1.807) is 12.1 Å². The highest BCUT2D eigenvalue weighted by atomic mass is 79.9. The molecule has 0 atom stereocenters. The van der Waals surface area contributed by atoms with Crippen molar-refractivity contribution in [1.29, 1.82) is 0 Å². The summed E-state index contributed by atoms with van der Waals surface area (Å²) in [6, 6.07) is 4.71. The van der Waals surface area contributed by atoms with E-state index in [0.717, 1.165) is 0 Å². The van der Waals surface area contributed by atoms with Gasteiger partial charge >= 0.3 is 0 Å². The molecule has 7 heteroatoms. The second-order valence-electron chi connectivity index (χ2n) is 3.44. The molecule has 1 aromatic carbocycles. The molecule has 0 aliphatic heterocycles. The first kappa shape index (κ1) is 13.9. The number of carbonyl (C=O) groups excluding carboxylic acids is 1. The standard InChI is InChI=1S/C10H12BrF2N3O/c11-6-2-1-3-7(8(6)9(15)17)16-5-10(12,13)4-14/h1-3,16H,4-5,14H2,(H2,15,17). The van der Waals surface area contributed by atoms with Gasteiger partial charge in [-0.1, -0.05) is 6.07 Å². The SMILES string of the molecule is NCC(F)(F)CNc1cccc(Br)c1C(N)=O. The van der Waals surface area contributed by atoms with Gasteiger partial charge in [0.2, 0.25) is 0 Å². The smallest absolute Gasteiger partial charge is 0.276 e. The summed E-state index contributed by atoms with van der Waals surface area (Å²) in [6.45, 7) is -1.42. The van der Waals surface area contributed by atoms with Gasteiger partial charge in [0.15, 0.2) is 0 Å². The minimum absolute atomic E-state index is 0.139. The number of anilines is 1. The van der Waals surface area contributed by atoms with Crippen LogP contribution < -0.4 is 16.8 Å². The third-order valence-electron chi connectivity index (χ3n) is 2.10. The van der Waals surface area contributed by atoms with Gasteiger partial charge in [-0.05, 0) is 28.1 Å². The van der Waals surface area contributed by atoms with Gasteiger partial charge in [0.05, 0.1) is 18.7 Å². The zero-order valence-electron chi connectivity index (χ0n) is 8.84. The highest BCUT2D eigenvalue weighted by Gasteiger charge is 2.27. The maximum absolute atomic E-state index is 13.0. The van der Waals surface area contributed by atoms with Crippen LogP contribution in [0.4, 0.5) is 14.5 Å². The summed E-state index contributed by atoms with van der Waals surface area (Å²) < 4.78 is 26.4. The molecule has 0 aliphatic carbocycles. The first-order valence-electron chi connectivity index (χ1n) is 4.77. The van der Waals surface area contributed by atoms with Crippen LogP contribution in [0.5, 0.6) is 0 Å². The average molecular weight is 308 g/mol. The first-order valence-corrected chi connectivity index (χ1v) is 5.57. The number of amides is 1. The van der Waals surface area contributed by atoms with Crippen LogP contribution in [-0.2, 0) is 0 Å². The molecule has 0 aliphatic rings. The lowest BCUT2D eigenvalue weighted by Crippen LogP contribution is -2.35. The molecular weight excluding hydrogens is 296 g/mol. The van der Waals surface area contributed by atoms with Gasteiger partial charge in [0.1, 0.15) is 0 Å². The van der Waals surface area contributed by atoms with Crippen LogP contribution in [0.3, 0.4) is 0 Å². The third kappa shape index (κ3) is 3.64. The van der Waals surface area contributed by atoms with E-state index in [1.165, 1.54) is 6.07 Å². The summed E-state index contributed by atoms with van der Waals surface area (Å²) in [5, 5.41) is 2.47. The Kier molecular flexibility index (Phi) is 4.41. The van der Waals surface area contributed by atoms with Gasteiger partial charge in [0.25, 0.3) is 11.8 Å². The van der Waals surface area contributed by atoms with Crippen LogP contribution in [0.1, 0.15) is 10.4 Å². The van der Waals surface area contributed by atoms with Crippen molar-refractivity contribution in [3.8, 4) is 0 Å². The Morgan fingerprint density at radius 3 is 2.65 bits per heavy atom. The Balaban J connectivity index is 2.92. The number of hydrogen-bond acceptors (Lipinski definition) is 3. The van der Waals surface area contributed by atoms with E-state index < -0.39 is 24.9 Å². The predicted octanol–water partition coefficient (Wildman–Crippen LogP) is 1.55. The summed E-state index contributed by atoms with van der Waals surface area (Å²) in [5.41, 5.74) is 10.5. The number of benzene rings is 1. The van der Waals surface area contributed by atoms with Crippen molar-refractivity contribution in [2.45, 2.75) is 5.92 Å². The van der Waals surface area contributed by atoms with Gasteiger partial charge in [0, 0.05) is 10.2 Å². The molecule has 1 rings (SSSR count).